The molecular formula is C33H64O3Si. The number of hydrogen-bond acceptors (Lipinski definition) is 3. The Bertz CT molecular complexity index is 730. The molecule has 0 heterocycles. The quantitative estimate of drug-likeness (QED) is 0.275. The predicted octanol–water partition coefficient (Wildman–Crippen LogP) is 8.69. The third kappa shape index (κ3) is 6.38. The Balaban J connectivity index is 1.73. The highest BCUT2D eigenvalue weighted by Crippen LogP contribution is 2.65. The molecule has 3 aliphatic rings. The maximum atomic E-state index is 10.9. The predicted molar refractivity (Wildman–Crippen MR) is 160 cm³/mol. The first-order valence-electron chi connectivity index (χ1n) is 16.0. The van der Waals surface area contributed by atoms with E-state index >= 15 is 0 Å². The van der Waals surface area contributed by atoms with E-state index < -0.39 is 8.32 Å². The molecule has 0 aromatic carbocycles. The molecule has 3 fully saturated rings. The minimum absolute atomic E-state index is 0.0950. The molecule has 0 spiro atoms. The van der Waals surface area contributed by atoms with Gasteiger partial charge in [0, 0.05) is 19.3 Å². The number of aliphatic hydroxyl groups excluding tert-OH is 2. The molecule has 4 heteroatoms. The average molecular weight is 537 g/mol. The fourth-order valence-corrected chi connectivity index (χ4v) is 10.6. The molecule has 1 unspecified atom stereocenters. The van der Waals surface area contributed by atoms with Crippen molar-refractivity contribution in [3.05, 3.63) is 0 Å². The van der Waals surface area contributed by atoms with Gasteiger partial charge in [0.15, 0.2) is 8.32 Å². The molecule has 37 heavy (non-hydrogen) atoms. The molecule has 9 atom stereocenters. The molecule has 0 amide bonds. The van der Waals surface area contributed by atoms with Crippen LogP contribution in [-0.2, 0) is 4.43 Å². The fourth-order valence-electron chi connectivity index (χ4n) is 9.24. The van der Waals surface area contributed by atoms with Gasteiger partial charge in [-0.2, -0.15) is 0 Å². The van der Waals surface area contributed by atoms with Gasteiger partial charge in [0.2, 0.25) is 0 Å². The maximum Gasteiger partial charge on any atom is 0.192 e. The Morgan fingerprint density at radius 1 is 0.865 bits per heavy atom. The summed E-state index contributed by atoms with van der Waals surface area (Å²) in [5, 5.41) is 21.7. The highest BCUT2D eigenvalue weighted by Gasteiger charge is 2.59. The SMILES string of the molecule is CC(C)CCC[C@@H](C)[C@H]1CC[C@H]2[C@H](CO)[C@@H]([C@@]3(C)CCC(O[Si](C)(C)C(C)(C)C)C[C@@H]3CO)CC[C@]12C. The first-order chi connectivity index (χ1) is 17.1. The molecule has 0 aliphatic heterocycles. The number of rotatable bonds is 10. The zero-order valence-corrected chi connectivity index (χ0v) is 27.4. The van der Waals surface area contributed by atoms with Crippen molar-refractivity contribution in [1.29, 1.82) is 0 Å². The van der Waals surface area contributed by atoms with Crippen LogP contribution in [0, 0.1) is 52.3 Å². The van der Waals surface area contributed by atoms with Gasteiger partial charge >= 0.3 is 0 Å². The lowest BCUT2D eigenvalue weighted by atomic mass is 9.48. The average Bonchev–Trinajstić information content (AvgIpc) is 3.15. The second-order valence-corrected chi connectivity index (χ2v) is 21.0. The van der Waals surface area contributed by atoms with Gasteiger partial charge in [0.1, 0.15) is 0 Å². The van der Waals surface area contributed by atoms with Crippen LogP contribution in [0.25, 0.3) is 0 Å². The van der Waals surface area contributed by atoms with E-state index in [-0.39, 0.29) is 29.1 Å². The Labute approximate surface area is 232 Å². The molecule has 3 nitrogen and oxygen atoms in total. The molecule has 2 N–H and O–H groups in total. The standard InChI is InChI=1S/C33H64O3Si/c1-23(2)12-11-13-24(3)28-14-15-29-27(22-35)30(17-19-33(28,29)8)32(7)18-16-26(20-25(32)21-34)36-37(9,10)31(4,5)6/h23-30,34-35H,11-22H2,1-10H3/t24-,25-,26?,27+,28-,29+,30+,32+,33-/m1/s1. The molecule has 0 radical (unpaired) electrons. The number of aliphatic hydroxyl groups is 2. The largest absolute Gasteiger partial charge is 0.414 e. The highest BCUT2D eigenvalue weighted by molar-refractivity contribution is 6.74. The first kappa shape index (κ1) is 31.6. The lowest BCUT2D eigenvalue weighted by Crippen LogP contribution is -2.54. The summed E-state index contributed by atoms with van der Waals surface area (Å²) in [6.07, 6.45) is 12.7. The zero-order chi connectivity index (χ0) is 27.8. The summed E-state index contributed by atoms with van der Waals surface area (Å²) in [5.41, 5.74) is 0.465. The van der Waals surface area contributed by atoms with E-state index in [2.05, 4.69) is 68.5 Å². The Hall–Kier alpha value is 0.0969. The number of hydrogen-bond donors (Lipinski definition) is 2. The minimum atomic E-state index is -1.82. The van der Waals surface area contributed by atoms with Gasteiger partial charge in [0.25, 0.3) is 0 Å². The van der Waals surface area contributed by atoms with E-state index in [1.165, 1.54) is 44.9 Å². The Morgan fingerprint density at radius 3 is 2.05 bits per heavy atom. The van der Waals surface area contributed by atoms with Crippen LogP contribution in [0.5, 0.6) is 0 Å². The van der Waals surface area contributed by atoms with Crippen molar-refractivity contribution >= 4 is 8.32 Å². The molecule has 3 aliphatic carbocycles. The summed E-state index contributed by atoms with van der Waals surface area (Å²) in [5.74, 6) is 4.18. The van der Waals surface area contributed by atoms with Crippen LogP contribution in [0.4, 0.5) is 0 Å². The third-order valence-corrected chi connectivity index (χ3v) is 17.2. The first-order valence-corrected chi connectivity index (χ1v) is 18.9. The van der Waals surface area contributed by atoms with E-state index in [9.17, 15) is 10.2 Å². The number of fused-ring (bicyclic) bond motifs is 1. The summed E-state index contributed by atoms with van der Waals surface area (Å²) in [7, 11) is -1.82. The van der Waals surface area contributed by atoms with Gasteiger partial charge in [-0.1, -0.05) is 74.7 Å². The zero-order valence-electron chi connectivity index (χ0n) is 26.4. The van der Waals surface area contributed by atoms with Crippen LogP contribution in [0.15, 0.2) is 0 Å². The maximum absolute atomic E-state index is 10.9. The van der Waals surface area contributed by atoms with Gasteiger partial charge in [0.05, 0.1) is 0 Å². The Morgan fingerprint density at radius 2 is 1.49 bits per heavy atom. The van der Waals surface area contributed by atoms with Crippen molar-refractivity contribution in [3.63, 3.8) is 0 Å². The van der Waals surface area contributed by atoms with Gasteiger partial charge in [-0.15, -0.1) is 0 Å². The molecule has 0 aromatic rings. The summed E-state index contributed by atoms with van der Waals surface area (Å²) < 4.78 is 6.86. The van der Waals surface area contributed by atoms with Crippen LogP contribution in [0.1, 0.15) is 120 Å². The van der Waals surface area contributed by atoms with Crippen molar-refractivity contribution in [3.8, 4) is 0 Å². The van der Waals surface area contributed by atoms with Crippen LogP contribution in [0.3, 0.4) is 0 Å². The normalized spacial score (nSPS) is 40.1. The molecule has 0 aromatic heterocycles. The van der Waals surface area contributed by atoms with Gasteiger partial charge in [-0.3, -0.25) is 0 Å². The van der Waals surface area contributed by atoms with Gasteiger partial charge < -0.3 is 14.6 Å². The lowest BCUT2D eigenvalue weighted by Gasteiger charge is -2.58. The highest BCUT2D eigenvalue weighted by atomic mass is 28.4. The van der Waals surface area contributed by atoms with Crippen LogP contribution < -0.4 is 0 Å². The third-order valence-electron chi connectivity index (χ3n) is 12.7. The fraction of sp³-hybridized carbons (Fsp3) is 1.00. The second-order valence-electron chi connectivity index (χ2n) is 16.2. The smallest absolute Gasteiger partial charge is 0.192 e. The summed E-state index contributed by atoms with van der Waals surface area (Å²) >= 11 is 0. The topological polar surface area (TPSA) is 49.7 Å². The van der Waals surface area contributed by atoms with E-state index in [0.29, 0.717) is 29.8 Å². The van der Waals surface area contributed by atoms with E-state index in [0.717, 1.165) is 37.0 Å². The monoisotopic (exact) mass is 536 g/mol. The van der Waals surface area contributed by atoms with Crippen molar-refractivity contribution in [1.82, 2.24) is 0 Å². The van der Waals surface area contributed by atoms with Crippen LogP contribution in [0.2, 0.25) is 18.1 Å². The van der Waals surface area contributed by atoms with Gasteiger partial charge in [-0.25, -0.2) is 0 Å². The second kappa shape index (κ2) is 11.9. The van der Waals surface area contributed by atoms with Crippen molar-refractivity contribution in [2.24, 2.45) is 52.3 Å². The minimum Gasteiger partial charge on any atom is -0.414 e. The van der Waals surface area contributed by atoms with E-state index in [4.69, 9.17) is 4.43 Å². The van der Waals surface area contributed by atoms with Crippen molar-refractivity contribution < 1.29 is 14.6 Å². The van der Waals surface area contributed by atoms with Crippen molar-refractivity contribution in [2.45, 2.75) is 144 Å². The molecule has 0 bridgehead atoms. The summed E-state index contributed by atoms with van der Waals surface area (Å²) in [6, 6.07) is 0. The molecule has 3 rings (SSSR count). The molecular weight excluding hydrogens is 472 g/mol. The van der Waals surface area contributed by atoms with Crippen LogP contribution >= 0.6 is 0 Å². The summed E-state index contributed by atoms with van der Waals surface area (Å²) in [6.45, 7) is 24.5. The van der Waals surface area contributed by atoms with E-state index in [1.807, 2.05) is 0 Å². The summed E-state index contributed by atoms with van der Waals surface area (Å²) in [4.78, 5) is 0. The molecule has 218 valence electrons. The van der Waals surface area contributed by atoms with E-state index in [1.54, 1.807) is 0 Å². The van der Waals surface area contributed by atoms with Gasteiger partial charge in [-0.05, 0) is 115 Å². The van der Waals surface area contributed by atoms with Crippen molar-refractivity contribution in [2.75, 3.05) is 13.2 Å². The molecule has 3 saturated carbocycles. The lowest BCUT2D eigenvalue weighted by molar-refractivity contribution is -0.116. The Kier molecular flexibility index (Phi) is 10.2. The molecule has 0 saturated heterocycles. The van der Waals surface area contributed by atoms with Crippen LogP contribution in [-0.4, -0.2) is 37.8 Å².